The minimum Gasteiger partial charge on any atom is -0.207 e. The molecule has 0 nitrogen and oxygen atoms in total. The van der Waals surface area contributed by atoms with Gasteiger partial charge in [-0.15, -0.1) is 0 Å². The maximum Gasteiger partial charge on any atom is 0.135 e. The number of hydrogen-bond acceptors (Lipinski definition) is 0. The summed E-state index contributed by atoms with van der Waals surface area (Å²) in [6.45, 7) is 2.13. The van der Waals surface area contributed by atoms with Gasteiger partial charge in [-0.2, -0.15) is 0 Å². The van der Waals surface area contributed by atoms with Gasteiger partial charge in [0.2, 0.25) is 0 Å². The number of aryl methyl sites for hydroxylation is 1. The molecule has 0 amide bonds. The highest BCUT2D eigenvalue weighted by atomic mass is 19.1. The monoisotopic (exact) mass is 338 g/mol. The van der Waals surface area contributed by atoms with Crippen LogP contribution >= 0.6 is 0 Å². The predicted octanol–water partition coefficient (Wildman–Crippen LogP) is 6.29. The lowest BCUT2D eigenvalue weighted by Crippen LogP contribution is -1.94. The van der Waals surface area contributed by atoms with Gasteiger partial charge in [-0.25, -0.2) is 13.2 Å². The summed E-state index contributed by atoms with van der Waals surface area (Å²) in [5, 5.41) is 0. The third-order valence-corrected chi connectivity index (χ3v) is 4.78. The zero-order valence-electron chi connectivity index (χ0n) is 13.9. The molecule has 1 aliphatic rings. The van der Waals surface area contributed by atoms with Crippen LogP contribution in [0.15, 0.2) is 48.5 Å². The van der Waals surface area contributed by atoms with E-state index in [4.69, 9.17) is 0 Å². The first-order chi connectivity index (χ1) is 12.1. The van der Waals surface area contributed by atoms with Crippen LogP contribution in [0.4, 0.5) is 13.2 Å². The lowest BCUT2D eigenvalue weighted by atomic mass is 9.98. The van der Waals surface area contributed by atoms with Crippen LogP contribution in [0.1, 0.15) is 30.0 Å². The summed E-state index contributed by atoms with van der Waals surface area (Å²) in [5.74, 6) is -1.81. The lowest BCUT2D eigenvalue weighted by molar-refractivity contribution is 0.583. The third kappa shape index (κ3) is 2.74. The van der Waals surface area contributed by atoms with Gasteiger partial charge in [0.1, 0.15) is 17.5 Å². The molecule has 0 N–H and O–H groups in total. The van der Waals surface area contributed by atoms with Crippen LogP contribution in [0, 0.1) is 17.5 Å². The molecule has 4 rings (SSSR count). The van der Waals surface area contributed by atoms with Crippen LogP contribution in [0.25, 0.3) is 22.3 Å². The Balaban J connectivity index is 1.80. The Morgan fingerprint density at radius 3 is 2.20 bits per heavy atom. The van der Waals surface area contributed by atoms with Crippen molar-refractivity contribution in [3.63, 3.8) is 0 Å². The van der Waals surface area contributed by atoms with Crippen molar-refractivity contribution < 1.29 is 13.2 Å². The van der Waals surface area contributed by atoms with Gasteiger partial charge in [0, 0.05) is 23.6 Å². The van der Waals surface area contributed by atoms with Crippen molar-refractivity contribution in [3.05, 3.63) is 82.7 Å². The van der Waals surface area contributed by atoms with E-state index in [-0.39, 0.29) is 11.1 Å². The average Bonchev–Trinajstić information content (AvgIpc) is 2.93. The van der Waals surface area contributed by atoms with Crippen LogP contribution in [0.5, 0.6) is 0 Å². The number of hydrogen-bond donors (Lipinski definition) is 0. The van der Waals surface area contributed by atoms with E-state index in [1.807, 2.05) is 12.1 Å². The van der Waals surface area contributed by atoms with Gasteiger partial charge in [-0.1, -0.05) is 43.7 Å². The first-order valence-electron chi connectivity index (χ1n) is 8.47. The quantitative estimate of drug-likeness (QED) is 0.411. The third-order valence-electron chi connectivity index (χ3n) is 4.78. The van der Waals surface area contributed by atoms with Crippen molar-refractivity contribution in [2.45, 2.75) is 26.2 Å². The maximum absolute atomic E-state index is 15.1. The minimum absolute atomic E-state index is 0.223. The second kappa shape index (κ2) is 6.07. The summed E-state index contributed by atoms with van der Waals surface area (Å²) in [4.78, 5) is 0. The van der Waals surface area contributed by atoms with E-state index in [9.17, 15) is 8.78 Å². The molecule has 3 heteroatoms. The number of benzene rings is 3. The molecule has 0 fully saturated rings. The molecule has 25 heavy (non-hydrogen) atoms. The van der Waals surface area contributed by atoms with E-state index >= 15 is 4.39 Å². The molecule has 0 aromatic heterocycles. The van der Waals surface area contributed by atoms with Crippen molar-refractivity contribution >= 4 is 0 Å². The maximum atomic E-state index is 15.1. The summed E-state index contributed by atoms with van der Waals surface area (Å²) in [6, 6.07) is 12.8. The van der Waals surface area contributed by atoms with Gasteiger partial charge in [-0.05, 0) is 46.4 Å². The highest BCUT2D eigenvalue weighted by molar-refractivity contribution is 5.81. The molecular formula is C22H17F3. The van der Waals surface area contributed by atoms with Crippen molar-refractivity contribution in [2.75, 3.05) is 0 Å². The Kier molecular flexibility index (Phi) is 3.87. The Morgan fingerprint density at radius 1 is 0.800 bits per heavy atom. The molecule has 126 valence electrons. The average molecular weight is 338 g/mol. The van der Waals surface area contributed by atoms with E-state index < -0.39 is 17.5 Å². The smallest absolute Gasteiger partial charge is 0.135 e. The molecule has 0 radical (unpaired) electrons. The summed E-state index contributed by atoms with van der Waals surface area (Å²) in [7, 11) is 0. The van der Waals surface area contributed by atoms with Gasteiger partial charge in [0.25, 0.3) is 0 Å². The van der Waals surface area contributed by atoms with Crippen LogP contribution in [0.3, 0.4) is 0 Å². The second-order valence-electron chi connectivity index (χ2n) is 6.53. The first kappa shape index (κ1) is 15.9. The molecule has 0 unspecified atom stereocenters. The van der Waals surface area contributed by atoms with Gasteiger partial charge < -0.3 is 0 Å². The number of fused-ring (bicyclic) bond motifs is 3. The molecule has 0 spiro atoms. The van der Waals surface area contributed by atoms with Gasteiger partial charge in [0.15, 0.2) is 0 Å². The highest BCUT2D eigenvalue weighted by Gasteiger charge is 2.24. The Morgan fingerprint density at radius 2 is 1.48 bits per heavy atom. The van der Waals surface area contributed by atoms with Gasteiger partial charge in [-0.3, -0.25) is 0 Å². The fourth-order valence-electron chi connectivity index (χ4n) is 3.67. The van der Waals surface area contributed by atoms with Crippen LogP contribution in [-0.4, -0.2) is 0 Å². The normalized spacial score (nSPS) is 12.2. The first-order valence-corrected chi connectivity index (χ1v) is 8.47. The molecule has 3 aromatic carbocycles. The molecule has 0 aliphatic heterocycles. The number of halogens is 3. The van der Waals surface area contributed by atoms with Crippen LogP contribution < -0.4 is 0 Å². The number of rotatable bonds is 3. The summed E-state index contributed by atoms with van der Waals surface area (Å²) in [5.41, 5.74) is 5.34. The molecule has 0 saturated heterocycles. The topological polar surface area (TPSA) is 0 Å². The molecular weight excluding hydrogens is 321 g/mol. The molecule has 0 saturated carbocycles. The minimum atomic E-state index is -0.706. The fourth-order valence-corrected chi connectivity index (χ4v) is 3.67. The standard InChI is InChI=1S/C22H17F3/c1-2-3-13-4-5-18-14(8-13)11-21-20(18)7-6-19(22(21)25)15-9-16(23)12-17(24)10-15/h4-10,12H,2-3,11H2,1H3. The van der Waals surface area contributed by atoms with E-state index in [1.54, 1.807) is 6.07 Å². The van der Waals surface area contributed by atoms with E-state index in [0.717, 1.165) is 47.7 Å². The largest absolute Gasteiger partial charge is 0.207 e. The van der Waals surface area contributed by atoms with E-state index in [0.29, 0.717) is 12.0 Å². The van der Waals surface area contributed by atoms with Crippen molar-refractivity contribution in [1.29, 1.82) is 0 Å². The zero-order chi connectivity index (χ0) is 17.6. The summed E-state index contributed by atoms with van der Waals surface area (Å²) in [6.07, 6.45) is 2.58. The second-order valence-corrected chi connectivity index (χ2v) is 6.53. The SMILES string of the molecule is CCCc1ccc2c(c1)Cc1c-2ccc(-c2cc(F)cc(F)c2)c1F. The van der Waals surface area contributed by atoms with Crippen molar-refractivity contribution in [2.24, 2.45) is 0 Å². The van der Waals surface area contributed by atoms with Gasteiger partial charge in [0.05, 0.1) is 0 Å². The van der Waals surface area contributed by atoms with Crippen LogP contribution in [-0.2, 0) is 12.8 Å². The highest BCUT2D eigenvalue weighted by Crippen LogP contribution is 2.41. The molecule has 0 heterocycles. The zero-order valence-corrected chi connectivity index (χ0v) is 13.9. The predicted molar refractivity (Wildman–Crippen MR) is 94.0 cm³/mol. The van der Waals surface area contributed by atoms with Crippen molar-refractivity contribution in [1.82, 2.24) is 0 Å². The summed E-state index contributed by atoms with van der Waals surface area (Å²) >= 11 is 0. The Labute approximate surface area is 144 Å². The molecule has 0 bridgehead atoms. The van der Waals surface area contributed by atoms with Crippen molar-refractivity contribution in [3.8, 4) is 22.3 Å². The van der Waals surface area contributed by atoms with Crippen LogP contribution in [0.2, 0.25) is 0 Å². The molecule has 1 aliphatic carbocycles. The molecule has 3 aromatic rings. The Bertz CT molecular complexity index is 953. The summed E-state index contributed by atoms with van der Waals surface area (Å²) < 4.78 is 42.1. The van der Waals surface area contributed by atoms with E-state index in [1.165, 1.54) is 5.56 Å². The Hall–Kier alpha value is -2.55. The van der Waals surface area contributed by atoms with E-state index in [2.05, 4.69) is 19.1 Å². The lowest BCUT2D eigenvalue weighted by Gasteiger charge is -2.09. The van der Waals surface area contributed by atoms with Gasteiger partial charge >= 0.3 is 0 Å². The molecule has 0 atom stereocenters. The fraction of sp³-hybridized carbons (Fsp3) is 0.182.